The van der Waals surface area contributed by atoms with Gasteiger partial charge in [0, 0.05) is 36.1 Å². The summed E-state index contributed by atoms with van der Waals surface area (Å²) >= 11 is 0. The fourth-order valence-corrected chi connectivity index (χ4v) is 13.4. The lowest BCUT2D eigenvalue weighted by Gasteiger charge is -2.37. The Hall–Kier alpha value is -4.52. The second kappa shape index (κ2) is 15.9. The summed E-state index contributed by atoms with van der Waals surface area (Å²) in [5.74, 6) is 0.984. The molecule has 5 atom stereocenters. The van der Waals surface area contributed by atoms with Gasteiger partial charge in [0.15, 0.2) is 5.60 Å². The molecule has 11 heteroatoms. The molecular formula is C44H53N3O7Si. The van der Waals surface area contributed by atoms with Gasteiger partial charge in [0.25, 0.3) is 5.91 Å². The standard InChI is InChI=1S/C44H53N3O7Si/c1-6-53-34-17-21-38-30(26-34)27-37(45-23-10-11-24-48)42(50)46(38)32-14-20-39-36(28-32)44(43(51)47(39)31-12-8-7-9-13-31)29(2)41(40(54-44)22-25-49)55(4,5)35-18-15-33(52-3)16-19-35/h7-9,12-21,26,28-29,37,40-41,45,48-49H,6,10-11,22-25,27H2,1-5H3/t29-,37?,40+,41-,44+/m0/s1. The normalized spacial score (nSPS) is 23.3. The first-order chi connectivity index (χ1) is 26.6. The van der Waals surface area contributed by atoms with Gasteiger partial charge in [-0.2, -0.15) is 0 Å². The van der Waals surface area contributed by atoms with Gasteiger partial charge in [-0.3, -0.25) is 19.4 Å². The number of carbonyl (C=O) groups excluding carboxylic acids is 2. The van der Waals surface area contributed by atoms with Gasteiger partial charge < -0.3 is 29.7 Å². The van der Waals surface area contributed by atoms with E-state index in [1.54, 1.807) is 16.9 Å². The van der Waals surface area contributed by atoms with E-state index in [1.807, 2.05) is 85.8 Å². The Morgan fingerprint density at radius 3 is 2.29 bits per heavy atom. The number of unbranched alkanes of at least 4 members (excludes halogenated alkanes) is 1. The molecule has 1 fully saturated rings. The number of aliphatic hydroxyl groups excluding tert-OH is 2. The highest BCUT2D eigenvalue weighted by Crippen LogP contribution is 2.61. The van der Waals surface area contributed by atoms with Crippen molar-refractivity contribution in [1.29, 1.82) is 0 Å². The van der Waals surface area contributed by atoms with Crippen LogP contribution in [0.25, 0.3) is 0 Å². The number of anilines is 4. The second-order valence-electron chi connectivity index (χ2n) is 15.4. The number of aliphatic hydroxyl groups is 2. The lowest BCUT2D eigenvalue weighted by Crippen LogP contribution is -2.51. The molecule has 4 aromatic rings. The molecular weight excluding hydrogens is 711 g/mol. The average molecular weight is 764 g/mol. The molecule has 1 unspecified atom stereocenters. The fraction of sp³-hybridized carbons (Fsp3) is 0.409. The Kier molecular flexibility index (Phi) is 11.2. The van der Waals surface area contributed by atoms with Crippen molar-refractivity contribution in [2.45, 2.75) is 75.9 Å². The zero-order valence-electron chi connectivity index (χ0n) is 32.5. The van der Waals surface area contributed by atoms with E-state index in [2.05, 4.69) is 37.5 Å². The SMILES string of the molecule is CCOc1ccc2c(c1)CC(NCCCCO)C(=O)N2c1ccc2c(c1)[C@@]1(O[C@H](CCO)[C@@H]([Si](C)(C)c3ccc(OC)cc3)[C@@H]1C)C(=O)N2c1ccccc1. The maximum atomic E-state index is 15.3. The van der Waals surface area contributed by atoms with Crippen LogP contribution in [0.3, 0.4) is 0 Å². The largest absolute Gasteiger partial charge is 0.497 e. The van der Waals surface area contributed by atoms with Crippen molar-refractivity contribution in [3.05, 3.63) is 102 Å². The van der Waals surface area contributed by atoms with Gasteiger partial charge in [-0.1, -0.05) is 55.5 Å². The highest BCUT2D eigenvalue weighted by Gasteiger charge is 2.66. The molecule has 0 saturated carbocycles. The molecule has 4 aromatic carbocycles. The van der Waals surface area contributed by atoms with Gasteiger partial charge >= 0.3 is 0 Å². The number of fused-ring (bicyclic) bond motifs is 3. The molecule has 3 heterocycles. The summed E-state index contributed by atoms with van der Waals surface area (Å²) < 4.78 is 18.5. The molecule has 10 nitrogen and oxygen atoms in total. The third kappa shape index (κ3) is 6.76. The predicted molar refractivity (Wildman–Crippen MR) is 218 cm³/mol. The van der Waals surface area contributed by atoms with Crippen LogP contribution in [0.2, 0.25) is 18.6 Å². The lowest BCUT2D eigenvalue weighted by atomic mass is 9.82. The van der Waals surface area contributed by atoms with E-state index in [-0.39, 0.29) is 42.6 Å². The van der Waals surface area contributed by atoms with Crippen LogP contribution in [-0.2, 0) is 26.3 Å². The first-order valence-corrected chi connectivity index (χ1v) is 22.6. The molecule has 0 bridgehead atoms. The van der Waals surface area contributed by atoms with Crippen LogP contribution in [0.4, 0.5) is 22.7 Å². The van der Waals surface area contributed by atoms with Gasteiger partial charge in [-0.05, 0) is 111 Å². The number of hydrogen-bond donors (Lipinski definition) is 3. The van der Waals surface area contributed by atoms with Crippen LogP contribution in [0.5, 0.6) is 11.5 Å². The Bertz CT molecular complexity index is 2010. The number of nitrogens with one attached hydrogen (secondary N) is 1. The van der Waals surface area contributed by atoms with Crippen LogP contribution in [-0.4, -0.2) is 75.7 Å². The average Bonchev–Trinajstić information content (AvgIpc) is 3.63. The number of amides is 2. The molecule has 0 aromatic heterocycles. The van der Waals surface area contributed by atoms with Gasteiger partial charge in [-0.15, -0.1) is 0 Å². The van der Waals surface area contributed by atoms with Crippen molar-refractivity contribution >= 4 is 47.8 Å². The van der Waals surface area contributed by atoms with Crippen molar-refractivity contribution in [1.82, 2.24) is 5.32 Å². The number of methoxy groups -OCH3 is 1. The van der Waals surface area contributed by atoms with Crippen LogP contribution in [0.15, 0.2) is 91.0 Å². The zero-order valence-corrected chi connectivity index (χ0v) is 33.5. The van der Waals surface area contributed by atoms with Crippen molar-refractivity contribution < 1.29 is 34.0 Å². The molecule has 0 radical (unpaired) electrons. The summed E-state index contributed by atoms with van der Waals surface area (Å²) in [7, 11) is -0.740. The van der Waals surface area contributed by atoms with Crippen molar-refractivity contribution in [3.8, 4) is 11.5 Å². The van der Waals surface area contributed by atoms with Crippen molar-refractivity contribution in [2.24, 2.45) is 5.92 Å². The molecule has 1 spiro atoms. The highest BCUT2D eigenvalue weighted by atomic mass is 28.3. The monoisotopic (exact) mass is 763 g/mol. The lowest BCUT2D eigenvalue weighted by molar-refractivity contribution is -0.145. The first kappa shape index (κ1) is 38.7. The molecule has 55 heavy (non-hydrogen) atoms. The van der Waals surface area contributed by atoms with Crippen molar-refractivity contribution in [2.75, 3.05) is 43.3 Å². The van der Waals surface area contributed by atoms with Gasteiger partial charge in [0.05, 0.1) is 45.3 Å². The fourth-order valence-electron chi connectivity index (χ4n) is 9.32. The van der Waals surface area contributed by atoms with E-state index in [1.165, 1.54) is 5.19 Å². The minimum Gasteiger partial charge on any atom is -0.497 e. The first-order valence-electron chi connectivity index (χ1n) is 19.5. The summed E-state index contributed by atoms with van der Waals surface area (Å²) in [4.78, 5) is 33.4. The molecule has 0 aliphatic carbocycles. The summed E-state index contributed by atoms with van der Waals surface area (Å²) in [6, 6.07) is 29.1. The van der Waals surface area contributed by atoms with Crippen LogP contribution >= 0.6 is 0 Å². The molecule has 3 N–H and O–H groups in total. The predicted octanol–water partition coefficient (Wildman–Crippen LogP) is 6.32. The summed E-state index contributed by atoms with van der Waals surface area (Å²) in [5, 5.41) is 24.4. The maximum absolute atomic E-state index is 15.3. The minimum absolute atomic E-state index is 0.0361. The molecule has 7 rings (SSSR count). The van der Waals surface area contributed by atoms with E-state index >= 15 is 4.79 Å². The number of para-hydroxylation sites is 1. The number of hydrogen-bond acceptors (Lipinski definition) is 8. The summed E-state index contributed by atoms with van der Waals surface area (Å²) in [5.41, 5.74) is 3.15. The van der Waals surface area contributed by atoms with Gasteiger partial charge in [0.2, 0.25) is 5.91 Å². The third-order valence-electron chi connectivity index (χ3n) is 11.9. The van der Waals surface area contributed by atoms with Crippen molar-refractivity contribution in [3.63, 3.8) is 0 Å². The van der Waals surface area contributed by atoms with Crippen LogP contribution in [0, 0.1) is 5.92 Å². The quantitative estimate of drug-likeness (QED) is 0.101. The molecule has 2 amide bonds. The topological polar surface area (TPSA) is 121 Å². The molecule has 1 saturated heterocycles. The highest BCUT2D eigenvalue weighted by molar-refractivity contribution is 6.91. The van der Waals surface area contributed by atoms with Crippen LogP contribution in [0.1, 0.15) is 44.2 Å². The van der Waals surface area contributed by atoms with E-state index < -0.39 is 19.7 Å². The summed E-state index contributed by atoms with van der Waals surface area (Å²) in [6.45, 7) is 9.86. The number of rotatable bonds is 14. The van der Waals surface area contributed by atoms with E-state index in [4.69, 9.17) is 14.2 Å². The van der Waals surface area contributed by atoms with E-state index in [9.17, 15) is 15.0 Å². The maximum Gasteiger partial charge on any atom is 0.268 e. The van der Waals surface area contributed by atoms with E-state index in [0.717, 1.165) is 40.4 Å². The Balaban J connectivity index is 1.37. The second-order valence-corrected chi connectivity index (χ2v) is 20.1. The van der Waals surface area contributed by atoms with E-state index in [0.29, 0.717) is 43.8 Å². The molecule has 290 valence electrons. The zero-order chi connectivity index (χ0) is 38.9. The number of nitrogens with zero attached hydrogens (tertiary/aromatic N) is 2. The molecule has 3 aliphatic rings. The van der Waals surface area contributed by atoms with Gasteiger partial charge in [-0.25, -0.2) is 0 Å². The Morgan fingerprint density at radius 1 is 0.873 bits per heavy atom. The number of benzene rings is 4. The third-order valence-corrected chi connectivity index (χ3v) is 16.3. The Morgan fingerprint density at radius 2 is 1.60 bits per heavy atom. The smallest absolute Gasteiger partial charge is 0.268 e. The molecule has 3 aliphatic heterocycles. The van der Waals surface area contributed by atoms with Gasteiger partial charge in [0.1, 0.15) is 11.5 Å². The minimum atomic E-state index is -2.40. The Labute approximate surface area is 325 Å². The summed E-state index contributed by atoms with van der Waals surface area (Å²) in [6.07, 6.45) is 1.89. The van der Waals surface area contributed by atoms with Crippen LogP contribution < -0.4 is 29.8 Å². The number of carbonyl (C=O) groups is 2. The number of ether oxygens (including phenoxy) is 3.